The van der Waals surface area contributed by atoms with E-state index in [1.807, 2.05) is 19.1 Å². The lowest BCUT2D eigenvalue weighted by Gasteiger charge is -2.21. The van der Waals surface area contributed by atoms with E-state index in [0.29, 0.717) is 0 Å². The van der Waals surface area contributed by atoms with Gasteiger partial charge in [0.1, 0.15) is 0 Å². The molecule has 1 atom stereocenters. The average Bonchev–Trinajstić information content (AvgIpc) is 3.28. The second-order valence-corrected chi connectivity index (χ2v) is 5.35. The van der Waals surface area contributed by atoms with Crippen molar-refractivity contribution in [3.63, 3.8) is 0 Å². The predicted octanol–water partition coefficient (Wildman–Crippen LogP) is 2.73. The molecule has 0 aromatic heterocycles. The summed E-state index contributed by atoms with van der Waals surface area (Å²) < 4.78 is 0. The van der Waals surface area contributed by atoms with E-state index in [-0.39, 0.29) is 16.7 Å². The number of para-hydroxylation sites is 1. The molecule has 5 heteroatoms. The van der Waals surface area contributed by atoms with Crippen molar-refractivity contribution in [3.05, 3.63) is 39.9 Å². The maximum Gasteiger partial charge on any atom is 0.274 e. The lowest BCUT2D eigenvalue weighted by atomic mass is 10.1. The molecule has 0 amide bonds. The van der Waals surface area contributed by atoms with Crippen LogP contribution in [0.15, 0.2) is 24.3 Å². The Morgan fingerprint density at radius 1 is 1.45 bits per heavy atom. The van der Waals surface area contributed by atoms with Crippen LogP contribution in [0.3, 0.4) is 0 Å². The Labute approximate surface area is 120 Å². The second kappa shape index (κ2) is 6.81. The third kappa shape index (κ3) is 3.77. The molecular formula is C15H23N3O2. The van der Waals surface area contributed by atoms with Gasteiger partial charge in [-0.25, -0.2) is 0 Å². The van der Waals surface area contributed by atoms with Crippen molar-refractivity contribution in [3.8, 4) is 0 Å². The maximum atomic E-state index is 11.0. The molecule has 5 nitrogen and oxygen atoms in total. The number of nitrogens with zero attached hydrogens (tertiary/aromatic N) is 2. The highest BCUT2D eigenvalue weighted by atomic mass is 16.6. The molecule has 1 aliphatic rings. The van der Waals surface area contributed by atoms with Crippen molar-refractivity contribution >= 4 is 5.69 Å². The van der Waals surface area contributed by atoms with Crippen LogP contribution in [0.25, 0.3) is 0 Å². The standard InChI is InChI=1S/C15H23N3O2/c1-3-17(13-8-9-13)11-10-16-12(2)14-6-4-5-7-15(14)18(19)20/h4-7,12-13,16H,3,8-11H2,1-2H3. The number of rotatable bonds is 8. The van der Waals surface area contributed by atoms with Crippen molar-refractivity contribution in [1.82, 2.24) is 10.2 Å². The highest BCUT2D eigenvalue weighted by Gasteiger charge is 2.27. The van der Waals surface area contributed by atoms with Crippen molar-refractivity contribution in [1.29, 1.82) is 0 Å². The van der Waals surface area contributed by atoms with Crippen LogP contribution in [0.4, 0.5) is 5.69 Å². The Morgan fingerprint density at radius 2 is 2.15 bits per heavy atom. The molecule has 1 unspecified atom stereocenters. The number of nitro benzene ring substituents is 1. The fourth-order valence-corrected chi connectivity index (χ4v) is 2.59. The quantitative estimate of drug-likeness (QED) is 0.586. The van der Waals surface area contributed by atoms with Crippen LogP contribution < -0.4 is 5.32 Å². The van der Waals surface area contributed by atoms with Gasteiger partial charge in [0, 0.05) is 36.8 Å². The van der Waals surface area contributed by atoms with Crippen LogP contribution in [-0.2, 0) is 0 Å². The molecule has 0 saturated heterocycles. The first-order valence-corrected chi connectivity index (χ1v) is 7.34. The minimum atomic E-state index is -0.309. The highest BCUT2D eigenvalue weighted by molar-refractivity contribution is 5.41. The molecule has 0 heterocycles. The van der Waals surface area contributed by atoms with Crippen LogP contribution in [0.1, 0.15) is 38.3 Å². The van der Waals surface area contributed by atoms with Crippen LogP contribution in [-0.4, -0.2) is 35.5 Å². The first-order valence-electron chi connectivity index (χ1n) is 7.34. The summed E-state index contributed by atoms with van der Waals surface area (Å²) in [6.45, 7) is 7.11. The van der Waals surface area contributed by atoms with Gasteiger partial charge in [-0.2, -0.15) is 0 Å². The lowest BCUT2D eigenvalue weighted by molar-refractivity contribution is -0.385. The molecule has 1 fully saturated rings. The molecule has 0 radical (unpaired) electrons. The predicted molar refractivity (Wildman–Crippen MR) is 79.8 cm³/mol. The summed E-state index contributed by atoms with van der Waals surface area (Å²) >= 11 is 0. The average molecular weight is 277 g/mol. The van der Waals surface area contributed by atoms with Crippen LogP contribution in [0.5, 0.6) is 0 Å². The highest BCUT2D eigenvalue weighted by Crippen LogP contribution is 2.26. The van der Waals surface area contributed by atoms with Crippen molar-refractivity contribution < 1.29 is 4.92 Å². The Kier molecular flexibility index (Phi) is 5.09. The molecule has 2 rings (SSSR count). The van der Waals surface area contributed by atoms with E-state index in [1.165, 1.54) is 12.8 Å². The molecule has 0 bridgehead atoms. The van der Waals surface area contributed by atoms with Crippen LogP contribution in [0.2, 0.25) is 0 Å². The number of hydrogen-bond donors (Lipinski definition) is 1. The van der Waals surface area contributed by atoms with Crippen LogP contribution in [0, 0.1) is 10.1 Å². The molecule has 1 aromatic carbocycles. The number of nitrogens with one attached hydrogen (secondary N) is 1. The summed E-state index contributed by atoms with van der Waals surface area (Å²) in [6, 6.07) is 7.71. The van der Waals surface area contributed by atoms with Gasteiger partial charge in [0.25, 0.3) is 5.69 Å². The molecule has 1 N–H and O–H groups in total. The minimum absolute atomic E-state index is 0.00508. The fraction of sp³-hybridized carbons (Fsp3) is 0.600. The van der Waals surface area contributed by atoms with Crippen molar-refractivity contribution in [2.24, 2.45) is 0 Å². The third-order valence-corrected chi connectivity index (χ3v) is 3.92. The summed E-state index contributed by atoms with van der Waals surface area (Å²) in [7, 11) is 0. The zero-order chi connectivity index (χ0) is 14.5. The van der Waals surface area contributed by atoms with Gasteiger partial charge in [0.2, 0.25) is 0 Å². The van der Waals surface area contributed by atoms with E-state index in [9.17, 15) is 10.1 Å². The van der Waals surface area contributed by atoms with Crippen molar-refractivity contribution in [2.75, 3.05) is 19.6 Å². The normalized spacial score (nSPS) is 16.4. The summed E-state index contributed by atoms with van der Waals surface area (Å²) in [5.74, 6) is 0. The summed E-state index contributed by atoms with van der Waals surface area (Å²) in [5, 5.41) is 14.4. The zero-order valence-corrected chi connectivity index (χ0v) is 12.2. The minimum Gasteiger partial charge on any atom is -0.309 e. The Bertz CT molecular complexity index is 460. The lowest BCUT2D eigenvalue weighted by Crippen LogP contribution is -2.34. The second-order valence-electron chi connectivity index (χ2n) is 5.35. The number of hydrogen-bond acceptors (Lipinski definition) is 4. The first kappa shape index (κ1) is 14.9. The molecule has 20 heavy (non-hydrogen) atoms. The molecular weight excluding hydrogens is 254 g/mol. The molecule has 0 aliphatic heterocycles. The molecule has 1 saturated carbocycles. The van der Waals surface area contributed by atoms with Gasteiger partial charge in [0.15, 0.2) is 0 Å². The van der Waals surface area contributed by atoms with Gasteiger partial charge >= 0.3 is 0 Å². The largest absolute Gasteiger partial charge is 0.309 e. The SMILES string of the molecule is CCN(CCNC(C)c1ccccc1[N+](=O)[O-])C1CC1. The zero-order valence-electron chi connectivity index (χ0n) is 12.2. The molecule has 110 valence electrons. The summed E-state index contributed by atoms with van der Waals surface area (Å²) in [4.78, 5) is 13.2. The number of nitro groups is 1. The maximum absolute atomic E-state index is 11.0. The van der Waals surface area contributed by atoms with Gasteiger partial charge in [-0.1, -0.05) is 25.1 Å². The van der Waals surface area contributed by atoms with E-state index in [4.69, 9.17) is 0 Å². The summed E-state index contributed by atoms with van der Waals surface area (Å²) in [6.07, 6.45) is 2.63. The molecule has 1 aliphatic carbocycles. The Balaban J connectivity index is 1.88. The van der Waals surface area contributed by atoms with E-state index >= 15 is 0 Å². The topological polar surface area (TPSA) is 58.4 Å². The molecule has 1 aromatic rings. The van der Waals surface area contributed by atoms with Gasteiger partial charge in [-0.3, -0.25) is 15.0 Å². The molecule has 0 spiro atoms. The van der Waals surface area contributed by atoms with E-state index in [2.05, 4.69) is 17.1 Å². The van der Waals surface area contributed by atoms with E-state index in [0.717, 1.165) is 31.2 Å². The Morgan fingerprint density at radius 3 is 2.75 bits per heavy atom. The first-order chi connectivity index (χ1) is 9.63. The third-order valence-electron chi connectivity index (χ3n) is 3.92. The number of likely N-dealkylation sites (N-methyl/N-ethyl adjacent to an activating group) is 1. The number of benzene rings is 1. The van der Waals surface area contributed by atoms with Gasteiger partial charge in [0.05, 0.1) is 4.92 Å². The smallest absolute Gasteiger partial charge is 0.274 e. The Hall–Kier alpha value is -1.46. The van der Waals surface area contributed by atoms with Gasteiger partial charge in [-0.15, -0.1) is 0 Å². The van der Waals surface area contributed by atoms with Gasteiger partial charge in [-0.05, 0) is 26.3 Å². The van der Waals surface area contributed by atoms with E-state index < -0.39 is 0 Å². The monoisotopic (exact) mass is 277 g/mol. The fourth-order valence-electron chi connectivity index (χ4n) is 2.59. The van der Waals surface area contributed by atoms with Gasteiger partial charge < -0.3 is 5.32 Å². The van der Waals surface area contributed by atoms with Crippen LogP contribution >= 0.6 is 0 Å². The van der Waals surface area contributed by atoms with Crippen molar-refractivity contribution in [2.45, 2.75) is 38.8 Å². The summed E-state index contributed by atoms with van der Waals surface area (Å²) in [5.41, 5.74) is 0.953. The van der Waals surface area contributed by atoms with E-state index in [1.54, 1.807) is 12.1 Å².